The average molecular weight is 396 g/mol. The number of nitrogens with one attached hydrogen (secondary N) is 1. The molecule has 3 aromatic rings. The fraction of sp³-hybridized carbons (Fsp3) is 0.455. The Kier molecular flexibility index (Phi) is 5.74. The lowest BCUT2D eigenvalue weighted by atomic mass is 10.1. The maximum absolute atomic E-state index is 12.0. The van der Waals surface area contributed by atoms with E-state index < -0.39 is 0 Å². The Morgan fingerprint density at radius 2 is 2.10 bits per heavy atom. The van der Waals surface area contributed by atoms with Gasteiger partial charge in [0.2, 0.25) is 5.95 Å². The van der Waals surface area contributed by atoms with Gasteiger partial charge in [0.1, 0.15) is 11.5 Å². The second kappa shape index (κ2) is 8.59. The lowest BCUT2D eigenvalue weighted by molar-refractivity contribution is 0.108. The molecule has 1 atom stereocenters. The summed E-state index contributed by atoms with van der Waals surface area (Å²) in [5.41, 5.74) is 2.03. The molecule has 1 unspecified atom stereocenters. The van der Waals surface area contributed by atoms with Gasteiger partial charge in [-0.05, 0) is 57.4 Å². The molecule has 4 rings (SSSR count). The molecule has 3 heterocycles. The number of fused-ring (bicyclic) bond motifs is 1. The number of aryl methyl sites for hydroxylation is 1. The van der Waals surface area contributed by atoms with E-state index in [1.54, 1.807) is 4.90 Å². The van der Waals surface area contributed by atoms with Gasteiger partial charge < -0.3 is 23.9 Å². The van der Waals surface area contributed by atoms with Crippen molar-refractivity contribution in [3.8, 4) is 0 Å². The molecule has 1 aliphatic heterocycles. The van der Waals surface area contributed by atoms with Gasteiger partial charge in [-0.3, -0.25) is 0 Å². The molecule has 29 heavy (non-hydrogen) atoms. The fourth-order valence-electron chi connectivity index (χ4n) is 3.89. The highest BCUT2D eigenvalue weighted by Crippen LogP contribution is 2.24. The summed E-state index contributed by atoms with van der Waals surface area (Å²) in [5, 5.41) is 3.63. The molecular formula is C22H28N4O3. The molecule has 0 bridgehead atoms. The first-order chi connectivity index (χ1) is 14.1. The van der Waals surface area contributed by atoms with Crippen LogP contribution in [0.15, 0.2) is 40.8 Å². The normalized spacial score (nSPS) is 17.3. The number of imidazole rings is 1. The first-order valence-electron chi connectivity index (χ1n) is 10.3. The van der Waals surface area contributed by atoms with Crippen molar-refractivity contribution in [1.29, 1.82) is 0 Å². The van der Waals surface area contributed by atoms with E-state index in [9.17, 15) is 4.79 Å². The fourth-order valence-corrected chi connectivity index (χ4v) is 3.89. The third kappa shape index (κ3) is 4.39. The van der Waals surface area contributed by atoms with Crippen LogP contribution in [-0.4, -0.2) is 46.3 Å². The highest BCUT2D eigenvalue weighted by Gasteiger charge is 2.23. The van der Waals surface area contributed by atoms with Crippen LogP contribution in [0.2, 0.25) is 0 Å². The summed E-state index contributed by atoms with van der Waals surface area (Å²) >= 11 is 0. The molecule has 154 valence electrons. The number of anilines is 1. The van der Waals surface area contributed by atoms with Crippen LogP contribution in [0.1, 0.15) is 37.7 Å². The van der Waals surface area contributed by atoms with E-state index in [1.165, 1.54) is 0 Å². The summed E-state index contributed by atoms with van der Waals surface area (Å²) in [7, 11) is 0. The Hall–Kier alpha value is -2.96. The van der Waals surface area contributed by atoms with Gasteiger partial charge in [-0.1, -0.05) is 12.1 Å². The summed E-state index contributed by atoms with van der Waals surface area (Å²) < 4.78 is 13.1. The molecule has 0 saturated carbocycles. The standard InChI is InChI=1S/C22H28N4O3/c1-3-28-22(27)25-13-6-7-17(12-14-25)23-21-24-19-8-4-5-9-20(19)26(21)15-18-11-10-16(2)29-18/h4-5,8-11,17H,3,6-7,12-15H2,1-2H3,(H,23,24). The molecule has 1 fully saturated rings. The Labute approximate surface area is 170 Å². The summed E-state index contributed by atoms with van der Waals surface area (Å²) in [6, 6.07) is 12.4. The van der Waals surface area contributed by atoms with Crippen LogP contribution in [0.25, 0.3) is 11.0 Å². The quantitative estimate of drug-likeness (QED) is 0.692. The number of hydrogen-bond acceptors (Lipinski definition) is 5. The van der Waals surface area contributed by atoms with Crippen LogP contribution >= 0.6 is 0 Å². The Morgan fingerprint density at radius 1 is 1.24 bits per heavy atom. The Morgan fingerprint density at radius 3 is 2.90 bits per heavy atom. The van der Waals surface area contributed by atoms with Crippen molar-refractivity contribution in [2.45, 2.75) is 45.7 Å². The first kappa shape index (κ1) is 19.4. The Balaban J connectivity index is 1.53. The number of benzene rings is 1. The van der Waals surface area contributed by atoms with Crippen molar-refractivity contribution in [2.75, 3.05) is 25.0 Å². The number of furan rings is 1. The van der Waals surface area contributed by atoms with Crippen LogP contribution in [0.3, 0.4) is 0 Å². The van der Waals surface area contributed by atoms with Crippen LogP contribution in [0, 0.1) is 6.92 Å². The summed E-state index contributed by atoms with van der Waals surface area (Å²) in [5.74, 6) is 2.65. The predicted molar refractivity (Wildman–Crippen MR) is 112 cm³/mol. The second-order valence-electron chi connectivity index (χ2n) is 7.48. The molecule has 7 nitrogen and oxygen atoms in total. The molecule has 2 aromatic heterocycles. The van der Waals surface area contributed by atoms with E-state index in [4.69, 9.17) is 14.1 Å². The smallest absolute Gasteiger partial charge is 0.409 e. The largest absolute Gasteiger partial charge is 0.464 e. The molecule has 1 aromatic carbocycles. The van der Waals surface area contributed by atoms with Crippen LogP contribution in [0.4, 0.5) is 10.7 Å². The number of rotatable bonds is 5. The highest BCUT2D eigenvalue weighted by atomic mass is 16.6. The van der Waals surface area contributed by atoms with Gasteiger partial charge in [0.05, 0.1) is 24.2 Å². The van der Waals surface area contributed by atoms with Crippen molar-refractivity contribution in [2.24, 2.45) is 0 Å². The summed E-state index contributed by atoms with van der Waals surface area (Å²) in [6.07, 6.45) is 2.57. The SMILES string of the molecule is CCOC(=O)N1CCCC(Nc2nc3ccccc3n2Cc2ccc(C)o2)CC1. The zero-order chi connectivity index (χ0) is 20.2. The van der Waals surface area contributed by atoms with E-state index in [2.05, 4.69) is 16.0 Å². The number of carbonyl (C=O) groups is 1. The lowest BCUT2D eigenvalue weighted by Crippen LogP contribution is -2.33. The minimum Gasteiger partial charge on any atom is -0.464 e. The number of aromatic nitrogens is 2. The van der Waals surface area contributed by atoms with Gasteiger partial charge in [-0.15, -0.1) is 0 Å². The molecule has 1 saturated heterocycles. The molecule has 0 spiro atoms. The van der Waals surface area contributed by atoms with E-state index in [-0.39, 0.29) is 12.1 Å². The molecule has 7 heteroatoms. The molecule has 0 aliphatic carbocycles. The number of amides is 1. The number of nitrogens with zero attached hydrogens (tertiary/aromatic N) is 3. The number of para-hydroxylation sites is 2. The van der Waals surface area contributed by atoms with Crippen LogP contribution < -0.4 is 5.32 Å². The van der Waals surface area contributed by atoms with Crippen molar-refractivity contribution < 1.29 is 13.9 Å². The summed E-state index contributed by atoms with van der Waals surface area (Å²) in [4.78, 5) is 18.7. The van der Waals surface area contributed by atoms with E-state index >= 15 is 0 Å². The van der Waals surface area contributed by atoms with E-state index in [0.717, 1.165) is 54.3 Å². The van der Waals surface area contributed by atoms with Gasteiger partial charge in [0, 0.05) is 19.1 Å². The highest BCUT2D eigenvalue weighted by molar-refractivity contribution is 5.78. The zero-order valence-corrected chi connectivity index (χ0v) is 17.1. The number of ether oxygens (including phenoxy) is 1. The Bertz CT molecular complexity index is 978. The maximum Gasteiger partial charge on any atom is 0.409 e. The molecule has 1 amide bonds. The van der Waals surface area contributed by atoms with Crippen LogP contribution in [0.5, 0.6) is 0 Å². The molecular weight excluding hydrogens is 368 g/mol. The number of likely N-dealkylation sites (tertiary alicyclic amines) is 1. The molecule has 1 N–H and O–H groups in total. The van der Waals surface area contributed by atoms with E-state index in [1.807, 2.05) is 44.2 Å². The maximum atomic E-state index is 12.0. The number of carbonyl (C=O) groups excluding carboxylic acids is 1. The van der Waals surface area contributed by atoms with Crippen molar-refractivity contribution in [1.82, 2.24) is 14.5 Å². The molecule has 1 aliphatic rings. The van der Waals surface area contributed by atoms with Crippen molar-refractivity contribution >= 4 is 23.1 Å². The predicted octanol–water partition coefficient (Wildman–Crippen LogP) is 4.41. The first-order valence-corrected chi connectivity index (χ1v) is 10.3. The van der Waals surface area contributed by atoms with Crippen LogP contribution in [-0.2, 0) is 11.3 Å². The van der Waals surface area contributed by atoms with Gasteiger partial charge in [0.25, 0.3) is 0 Å². The van der Waals surface area contributed by atoms with Crippen molar-refractivity contribution in [3.63, 3.8) is 0 Å². The summed E-state index contributed by atoms with van der Waals surface area (Å²) in [6.45, 7) is 6.25. The lowest BCUT2D eigenvalue weighted by Gasteiger charge is -2.20. The average Bonchev–Trinajstić information content (AvgIpc) is 3.18. The second-order valence-corrected chi connectivity index (χ2v) is 7.48. The molecule has 0 radical (unpaired) electrons. The minimum absolute atomic E-state index is 0.214. The van der Waals surface area contributed by atoms with Gasteiger partial charge in [0.15, 0.2) is 0 Å². The van der Waals surface area contributed by atoms with Gasteiger partial charge in [-0.25, -0.2) is 9.78 Å². The minimum atomic E-state index is -0.214. The zero-order valence-electron chi connectivity index (χ0n) is 17.1. The monoisotopic (exact) mass is 396 g/mol. The third-order valence-electron chi connectivity index (χ3n) is 5.35. The van der Waals surface area contributed by atoms with E-state index in [0.29, 0.717) is 19.7 Å². The van der Waals surface area contributed by atoms with Crippen molar-refractivity contribution in [3.05, 3.63) is 47.9 Å². The topological polar surface area (TPSA) is 72.5 Å². The number of hydrogen-bond donors (Lipinski definition) is 1. The van der Waals surface area contributed by atoms with Gasteiger partial charge >= 0.3 is 6.09 Å². The van der Waals surface area contributed by atoms with Gasteiger partial charge in [-0.2, -0.15) is 0 Å². The third-order valence-corrected chi connectivity index (χ3v) is 5.35.